The van der Waals surface area contributed by atoms with E-state index in [0.29, 0.717) is 22.6 Å². The number of thiazole rings is 1. The Kier molecular flexibility index (Phi) is 6.54. The quantitative estimate of drug-likeness (QED) is 0.354. The molecule has 0 unspecified atom stereocenters. The number of hydrogen-bond donors (Lipinski definition) is 0. The van der Waals surface area contributed by atoms with E-state index in [9.17, 15) is 13.2 Å². The zero-order valence-corrected chi connectivity index (χ0v) is 20.9. The number of anilines is 1. The third kappa shape index (κ3) is 4.47. The second-order valence-electron chi connectivity index (χ2n) is 7.96. The van der Waals surface area contributed by atoms with E-state index in [0.717, 1.165) is 21.3 Å². The summed E-state index contributed by atoms with van der Waals surface area (Å²) in [7, 11) is -2.25. The average molecular weight is 492 g/mol. The Labute approximate surface area is 203 Å². The Balaban J connectivity index is 1.69. The Morgan fingerprint density at radius 2 is 1.76 bits per heavy atom. The number of para-hydroxylation sites is 1. The minimum atomic E-state index is -3.76. The van der Waals surface area contributed by atoms with E-state index in [1.807, 2.05) is 24.5 Å². The molecule has 0 N–H and O–H groups in total. The van der Waals surface area contributed by atoms with Crippen LogP contribution in [0.2, 0.25) is 0 Å². The fourth-order valence-corrected chi connectivity index (χ4v) is 6.04. The van der Waals surface area contributed by atoms with Crippen LogP contribution in [0.1, 0.15) is 21.5 Å². The second kappa shape index (κ2) is 9.40. The maximum Gasteiger partial charge on any atom is 0.279 e. The molecule has 0 aliphatic heterocycles. The maximum atomic E-state index is 13.0. The number of hydrogen-bond acceptors (Lipinski definition) is 4. The first-order chi connectivity index (χ1) is 16.2. The van der Waals surface area contributed by atoms with Gasteiger partial charge in [0.15, 0.2) is 4.80 Å². The number of rotatable bonds is 6. The van der Waals surface area contributed by atoms with E-state index >= 15 is 0 Å². The van der Waals surface area contributed by atoms with Gasteiger partial charge in [0, 0.05) is 19.2 Å². The number of sulfonamides is 1. The Hall–Kier alpha value is -3.49. The maximum absolute atomic E-state index is 13.0. The zero-order chi connectivity index (χ0) is 24.5. The van der Waals surface area contributed by atoms with Gasteiger partial charge in [-0.25, -0.2) is 8.42 Å². The van der Waals surface area contributed by atoms with Gasteiger partial charge in [0.2, 0.25) is 0 Å². The van der Waals surface area contributed by atoms with Crippen LogP contribution in [0.15, 0.2) is 89.3 Å². The van der Waals surface area contributed by atoms with Crippen molar-refractivity contribution < 1.29 is 13.2 Å². The highest BCUT2D eigenvalue weighted by atomic mass is 32.2. The second-order valence-corrected chi connectivity index (χ2v) is 10.9. The number of benzene rings is 3. The SMILES string of the molecule is C=CCn1c(=NC(=O)c2ccc(S(=O)(=O)N(C)c3ccccc3)cc2)sc2c(C)cc(C)cc21. The highest BCUT2D eigenvalue weighted by Gasteiger charge is 2.21. The molecule has 1 aromatic heterocycles. The summed E-state index contributed by atoms with van der Waals surface area (Å²) in [6.45, 7) is 8.44. The number of nitrogens with zero attached hydrogens (tertiary/aromatic N) is 3. The highest BCUT2D eigenvalue weighted by Crippen LogP contribution is 2.24. The summed E-state index contributed by atoms with van der Waals surface area (Å²) in [5.74, 6) is -0.431. The van der Waals surface area contributed by atoms with Crippen LogP contribution < -0.4 is 9.11 Å². The van der Waals surface area contributed by atoms with E-state index in [4.69, 9.17) is 0 Å². The fraction of sp³-hybridized carbons (Fsp3) is 0.154. The molecular weight excluding hydrogens is 466 g/mol. The summed E-state index contributed by atoms with van der Waals surface area (Å²) in [6, 6.07) is 18.9. The first-order valence-corrected chi connectivity index (χ1v) is 12.9. The minimum absolute atomic E-state index is 0.102. The van der Waals surface area contributed by atoms with Crippen molar-refractivity contribution in [3.05, 3.63) is 101 Å². The topological polar surface area (TPSA) is 71.7 Å². The Bertz CT molecular complexity index is 1550. The van der Waals surface area contributed by atoms with E-state index in [-0.39, 0.29) is 4.90 Å². The van der Waals surface area contributed by atoms with Gasteiger partial charge in [-0.2, -0.15) is 4.99 Å². The molecule has 174 valence electrons. The van der Waals surface area contributed by atoms with Crippen molar-refractivity contribution in [2.45, 2.75) is 25.3 Å². The predicted octanol–water partition coefficient (Wildman–Crippen LogP) is 5.07. The molecule has 0 aliphatic rings. The lowest BCUT2D eigenvalue weighted by molar-refractivity contribution is 0.0998. The standard InChI is InChI=1S/C26H25N3O3S2/c1-5-15-29-23-17-18(2)16-19(3)24(23)33-26(29)27-25(30)20-11-13-22(14-12-20)34(31,32)28(4)21-9-7-6-8-10-21/h5-14,16-17H,1,15H2,2-4H3. The van der Waals surface area contributed by atoms with Gasteiger partial charge >= 0.3 is 0 Å². The lowest BCUT2D eigenvalue weighted by Gasteiger charge is -2.19. The molecular formula is C26H25N3O3S2. The number of carbonyl (C=O) groups is 1. The largest absolute Gasteiger partial charge is 0.312 e. The fourth-order valence-electron chi connectivity index (χ4n) is 3.76. The lowest BCUT2D eigenvalue weighted by atomic mass is 10.1. The molecule has 0 radical (unpaired) electrons. The molecule has 3 aromatic carbocycles. The molecule has 0 spiro atoms. The van der Waals surface area contributed by atoms with Crippen molar-refractivity contribution in [3.8, 4) is 0 Å². The van der Waals surface area contributed by atoms with E-state index in [2.05, 4.69) is 23.7 Å². The number of allylic oxidation sites excluding steroid dienone is 1. The summed E-state index contributed by atoms with van der Waals surface area (Å²) in [5.41, 5.74) is 4.15. The third-order valence-electron chi connectivity index (χ3n) is 5.50. The minimum Gasteiger partial charge on any atom is -0.312 e. The van der Waals surface area contributed by atoms with Crippen LogP contribution in [0.4, 0.5) is 5.69 Å². The van der Waals surface area contributed by atoms with Crippen molar-refractivity contribution in [2.75, 3.05) is 11.4 Å². The van der Waals surface area contributed by atoms with Gasteiger partial charge in [-0.05, 0) is 67.4 Å². The number of amides is 1. The molecule has 1 amide bonds. The van der Waals surface area contributed by atoms with Crippen LogP contribution in [0.3, 0.4) is 0 Å². The number of aryl methyl sites for hydroxylation is 2. The van der Waals surface area contributed by atoms with Gasteiger partial charge in [-0.3, -0.25) is 9.10 Å². The van der Waals surface area contributed by atoms with Crippen LogP contribution in [0.25, 0.3) is 10.2 Å². The van der Waals surface area contributed by atoms with Crippen molar-refractivity contribution in [1.29, 1.82) is 0 Å². The molecule has 0 fully saturated rings. The van der Waals surface area contributed by atoms with Crippen molar-refractivity contribution in [3.63, 3.8) is 0 Å². The third-order valence-corrected chi connectivity index (χ3v) is 8.53. The van der Waals surface area contributed by atoms with Crippen molar-refractivity contribution in [2.24, 2.45) is 4.99 Å². The number of carbonyl (C=O) groups excluding carboxylic acids is 1. The molecule has 0 saturated heterocycles. The normalized spacial score (nSPS) is 12.1. The number of aromatic nitrogens is 1. The molecule has 0 bridgehead atoms. The molecule has 0 aliphatic carbocycles. The van der Waals surface area contributed by atoms with Gasteiger partial charge in [0.25, 0.3) is 15.9 Å². The van der Waals surface area contributed by atoms with Crippen molar-refractivity contribution in [1.82, 2.24) is 4.57 Å². The molecule has 34 heavy (non-hydrogen) atoms. The molecule has 6 nitrogen and oxygen atoms in total. The van der Waals surface area contributed by atoms with E-state index in [1.165, 1.54) is 47.0 Å². The van der Waals surface area contributed by atoms with Crippen LogP contribution in [0, 0.1) is 13.8 Å². The zero-order valence-electron chi connectivity index (χ0n) is 19.2. The predicted molar refractivity (Wildman–Crippen MR) is 138 cm³/mol. The summed E-state index contributed by atoms with van der Waals surface area (Å²) in [5, 5.41) is 0. The molecule has 1 heterocycles. The molecule has 8 heteroatoms. The highest BCUT2D eigenvalue weighted by molar-refractivity contribution is 7.92. The van der Waals surface area contributed by atoms with Crippen LogP contribution >= 0.6 is 11.3 Å². The smallest absolute Gasteiger partial charge is 0.279 e. The van der Waals surface area contributed by atoms with Gasteiger partial charge in [-0.1, -0.05) is 41.7 Å². The summed E-state index contributed by atoms with van der Waals surface area (Å²) in [4.78, 5) is 18.0. The van der Waals surface area contributed by atoms with E-state index in [1.54, 1.807) is 30.3 Å². The lowest BCUT2D eigenvalue weighted by Crippen LogP contribution is -2.26. The molecule has 0 saturated carbocycles. The Morgan fingerprint density at radius 1 is 1.09 bits per heavy atom. The monoisotopic (exact) mass is 491 g/mol. The summed E-state index contributed by atoms with van der Waals surface area (Å²) >= 11 is 1.46. The van der Waals surface area contributed by atoms with Gasteiger partial charge in [0.05, 0.1) is 20.8 Å². The van der Waals surface area contributed by atoms with Gasteiger partial charge < -0.3 is 4.57 Å². The van der Waals surface area contributed by atoms with Crippen LogP contribution in [0.5, 0.6) is 0 Å². The summed E-state index contributed by atoms with van der Waals surface area (Å²) in [6.07, 6.45) is 1.77. The Morgan fingerprint density at radius 3 is 2.41 bits per heavy atom. The average Bonchev–Trinajstić information content (AvgIpc) is 3.16. The van der Waals surface area contributed by atoms with Crippen molar-refractivity contribution >= 4 is 43.2 Å². The molecule has 4 aromatic rings. The van der Waals surface area contributed by atoms with Gasteiger partial charge in [0.1, 0.15) is 0 Å². The van der Waals surface area contributed by atoms with Crippen LogP contribution in [-0.4, -0.2) is 25.9 Å². The summed E-state index contributed by atoms with van der Waals surface area (Å²) < 4.78 is 30.2. The molecule has 4 rings (SSSR count). The first-order valence-electron chi connectivity index (χ1n) is 10.7. The van der Waals surface area contributed by atoms with E-state index < -0.39 is 15.9 Å². The molecule has 0 atom stereocenters. The first kappa shape index (κ1) is 23.7. The van der Waals surface area contributed by atoms with Crippen LogP contribution in [-0.2, 0) is 16.6 Å². The van der Waals surface area contributed by atoms with Gasteiger partial charge in [-0.15, -0.1) is 6.58 Å². The number of fused-ring (bicyclic) bond motifs is 1.